The Bertz CT molecular complexity index is 693. The van der Waals surface area contributed by atoms with Crippen LogP contribution in [-0.4, -0.2) is 39.0 Å². The zero-order valence-corrected chi connectivity index (χ0v) is 15.0. The molecule has 1 saturated carbocycles. The number of nitrogens with zero attached hydrogens (tertiary/aromatic N) is 4. The zero-order chi connectivity index (χ0) is 17.1. The number of nitrogens with one attached hydrogen (secondary N) is 1. The van der Waals surface area contributed by atoms with E-state index < -0.39 is 0 Å². The molecule has 0 radical (unpaired) electrons. The normalized spacial score (nSPS) is 22.2. The van der Waals surface area contributed by atoms with Crippen molar-refractivity contribution in [2.24, 2.45) is 0 Å². The Morgan fingerprint density at radius 1 is 1.04 bits per heavy atom. The van der Waals surface area contributed by atoms with Crippen LogP contribution >= 0.6 is 0 Å². The molecular formula is C20H27N5. The average Bonchev–Trinajstić information content (AvgIpc) is 3.19. The van der Waals surface area contributed by atoms with Crippen LogP contribution in [0.5, 0.6) is 0 Å². The van der Waals surface area contributed by atoms with Gasteiger partial charge in [0.05, 0.1) is 5.69 Å². The van der Waals surface area contributed by atoms with Crippen molar-refractivity contribution in [2.75, 3.05) is 18.4 Å². The minimum absolute atomic E-state index is 0.517. The van der Waals surface area contributed by atoms with Crippen molar-refractivity contribution in [3.63, 3.8) is 0 Å². The largest absolute Gasteiger partial charge is 0.309 e. The summed E-state index contributed by atoms with van der Waals surface area (Å²) in [4.78, 5) is 16.2. The van der Waals surface area contributed by atoms with E-state index in [2.05, 4.69) is 26.3 Å². The third-order valence-electron chi connectivity index (χ3n) is 5.54. The van der Waals surface area contributed by atoms with Gasteiger partial charge in [-0.1, -0.05) is 18.9 Å². The molecule has 4 rings (SSSR count). The smallest absolute Gasteiger partial charge is 0.228 e. The molecule has 0 spiro atoms. The topological polar surface area (TPSA) is 53.9 Å². The predicted octanol–water partition coefficient (Wildman–Crippen LogP) is 4.05. The highest BCUT2D eigenvalue weighted by atomic mass is 15.2. The summed E-state index contributed by atoms with van der Waals surface area (Å²) in [7, 11) is 0. The van der Waals surface area contributed by atoms with Gasteiger partial charge in [0.2, 0.25) is 5.95 Å². The number of aryl methyl sites for hydroxylation is 1. The molecule has 1 aliphatic carbocycles. The van der Waals surface area contributed by atoms with Gasteiger partial charge in [0.25, 0.3) is 0 Å². The van der Waals surface area contributed by atoms with Gasteiger partial charge in [0.1, 0.15) is 5.82 Å². The van der Waals surface area contributed by atoms with E-state index in [0.717, 1.165) is 29.7 Å². The van der Waals surface area contributed by atoms with E-state index >= 15 is 0 Å². The van der Waals surface area contributed by atoms with E-state index in [1.807, 2.05) is 31.5 Å². The number of piperidine rings is 1. The summed E-state index contributed by atoms with van der Waals surface area (Å²) in [5.41, 5.74) is 2.31. The van der Waals surface area contributed by atoms with Crippen LogP contribution in [0, 0.1) is 6.92 Å². The van der Waals surface area contributed by atoms with Crippen LogP contribution in [-0.2, 0) is 0 Å². The minimum atomic E-state index is 0.517. The van der Waals surface area contributed by atoms with Gasteiger partial charge in [-0.05, 0) is 56.8 Å². The van der Waals surface area contributed by atoms with Crippen LogP contribution in [0.25, 0.3) is 0 Å². The summed E-state index contributed by atoms with van der Waals surface area (Å²) >= 11 is 0. The molecule has 2 aliphatic rings. The number of anilines is 2. The van der Waals surface area contributed by atoms with E-state index in [1.54, 1.807) is 0 Å². The van der Waals surface area contributed by atoms with E-state index in [4.69, 9.17) is 4.98 Å². The van der Waals surface area contributed by atoms with Crippen molar-refractivity contribution >= 4 is 11.8 Å². The van der Waals surface area contributed by atoms with Gasteiger partial charge in [-0.2, -0.15) is 0 Å². The maximum atomic E-state index is 4.79. The first-order valence-corrected chi connectivity index (χ1v) is 9.54. The van der Waals surface area contributed by atoms with Gasteiger partial charge in [-0.3, -0.25) is 4.90 Å². The lowest BCUT2D eigenvalue weighted by atomic mass is 9.93. The molecule has 0 bridgehead atoms. The van der Waals surface area contributed by atoms with Gasteiger partial charge in [-0.25, -0.2) is 15.0 Å². The number of likely N-dealkylation sites (tertiary alicyclic amines) is 1. The summed E-state index contributed by atoms with van der Waals surface area (Å²) in [5.74, 6) is 1.95. The van der Waals surface area contributed by atoms with Crippen LogP contribution in [0.4, 0.5) is 11.8 Å². The van der Waals surface area contributed by atoms with E-state index in [1.165, 1.54) is 45.1 Å². The second-order valence-corrected chi connectivity index (χ2v) is 7.42. The Morgan fingerprint density at radius 3 is 2.72 bits per heavy atom. The Labute approximate surface area is 149 Å². The SMILES string of the molecule is Cc1ccc(Nc2nccc([C@H]3CCCN(C4CCCC4)C3)n2)nc1. The van der Waals surface area contributed by atoms with E-state index in [-0.39, 0.29) is 0 Å². The van der Waals surface area contributed by atoms with Crippen LogP contribution in [0.3, 0.4) is 0 Å². The molecule has 3 heterocycles. The van der Waals surface area contributed by atoms with Crippen molar-refractivity contribution in [2.45, 2.75) is 57.4 Å². The fourth-order valence-corrected chi connectivity index (χ4v) is 4.17. The lowest BCUT2D eigenvalue weighted by Gasteiger charge is -2.36. The molecule has 2 fully saturated rings. The number of rotatable bonds is 4. The highest BCUT2D eigenvalue weighted by molar-refractivity contribution is 5.47. The molecule has 0 aromatic carbocycles. The number of hydrogen-bond acceptors (Lipinski definition) is 5. The number of hydrogen-bond donors (Lipinski definition) is 1. The monoisotopic (exact) mass is 337 g/mol. The van der Waals surface area contributed by atoms with Crippen molar-refractivity contribution in [1.29, 1.82) is 0 Å². The first-order valence-electron chi connectivity index (χ1n) is 9.54. The molecule has 132 valence electrons. The Balaban J connectivity index is 1.45. The lowest BCUT2D eigenvalue weighted by molar-refractivity contribution is 0.149. The first kappa shape index (κ1) is 16.5. The molecule has 1 saturated heterocycles. The summed E-state index contributed by atoms with van der Waals surface area (Å²) in [6.07, 6.45) is 11.8. The summed E-state index contributed by atoms with van der Waals surface area (Å²) < 4.78 is 0. The molecule has 2 aromatic heterocycles. The summed E-state index contributed by atoms with van der Waals surface area (Å²) in [5, 5.41) is 3.23. The molecule has 2 aromatic rings. The standard InChI is InChI=1S/C20H27N5/c1-15-8-9-19(22-13-15)24-20-21-11-10-18(23-20)16-5-4-12-25(14-16)17-6-2-3-7-17/h8-11,13,16-17H,2-7,12,14H2,1H3,(H,21,22,23,24)/t16-/m0/s1. The van der Waals surface area contributed by atoms with Crippen molar-refractivity contribution < 1.29 is 0 Å². The van der Waals surface area contributed by atoms with Crippen LogP contribution in [0.1, 0.15) is 55.7 Å². The minimum Gasteiger partial charge on any atom is -0.309 e. The summed E-state index contributed by atoms with van der Waals surface area (Å²) in [6, 6.07) is 6.89. The molecule has 5 heteroatoms. The average molecular weight is 337 g/mol. The van der Waals surface area contributed by atoms with Crippen LogP contribution < -0.4 is 5.32 Å². The van der Waals surface area contributed by atoms with Gasteiger partial charge < -0.3 is 5.32 Å². The highest BCUT2D eigenvalue weighted by Gasteiger charge is 2.29. The van der Waals surface area contributed by atoms with Crippen LogP contribution in [0.2, 0.25) is 0 Å². The van der Waals surface area contributed by atoms with Crippen molar-refractivity contribution in [3.05, 3.63) is 41.9 Å². The fourth-order valence-electron chi connectivity index (χ4n) is 4.17. The second-order valence-electron chi connectivity index (χ2n) is 7.42. The van der Waals surface area contributed by atoms with Crippen molar-refractivity contribution in [3.8, 4) is 0 Å². The van der Waals surface area contributed by atoms with Gasteiger partial charge >= 0.3 is 0 Å². The highest BCUT2D eigenvalue weighted by Crippen LogP contribution is 2.31. The maximum absolute atomic E-state index is 4.79. The van der Waals surface area contributed by atoms with Crippen LogP contribution in [0.15, 0.2) is 30.6 Å². The molecule has 0 amide bonds. The fraction of sp³-hybridized carbons (Fsp3) is 0.550. The quantitative estimate of drug-likeness (QED) is 0.912. The van der Waals surface area contributed by atoms with Crippen molar-refractivity contribution in [1.82, 2.24) is 19.9 Å². The molecule has 1 N–H and O–H groups in total. The molecule has 1 atom stereocenters. The predicted molar refractivity (Wildman–Crippen MR) is 100 cm³/mol. The Kier molecular flexibility index (Phi) is 4.92. The van der Waals surface area contributed by atoms with Gasteiger partial charge in [-0.15, -0.1) is 0 Å². The number of aromatic nitrogens is 3. The molecule has 1 aliphatic heterocycles. The van der Waals surface area contributed by atoms with Gasteiger partial charge in [0, 0.05) is 30.9 Å². The Morgan fingerprint density at radius 2 is 1.92 bits per heavy atom. The third-order valence-corrected chi connectivity index (χ3v) is 5.54. The molecule has 25 heavy (non-hydrogen) atoms. The molecular weight excluding hydrogens is 310 g/mol. The Hall–Kier alpha value is -2.01. The molecule has 0 unspecified atom stereocenters. The van der Waals surface area contributed by atoms with E-state index in [9.17, 15) is 0 Å². The number of pyridine rings is 1. The summed E-state index contributed by atoms with van der Waals surface area (Å²) in [6.45, 7) is 4.43. The first-order chi connectivity index (χ1) is 12.3. The van der Waals surface area contributed by atoms with E-state index in [0.29, 0.717) is 11.9 Å². The van der Waals surface area contributed by atoms with Gasteiger partial charge in [0.15, 0.2) is 0 Å². The molecule has 5 nitrogen and oxygen atoms in total. The second kappa shape index (κ2) is 7.48. The maximum Gasteiger partial charge on any atom is 0.228 e. The third kappa shape index (κ3) is 3.98. The zero-order valence-electron chi connectivity index (χ0n) is 15.0. The lowest BCUT2D eigenvalue weighted by Crippen LogP contribution is -2.40.